The molecule has 2 aliphatic rings. The summed E-state index contributed by atoms with van der Waals surface area (Å²) in [5, 5.41) is 1.78. The van der Waals surface area contributed by atoms with Crippen LogP contribution in [0.3, 0.4) is 0 Å². The van der Waals surface area contributed by atoms with E-state index in [2.05, 4.69) is 9.97 Å². The van der Waals surface area contributed by atoms with Crippen molar-refractivity contribution in [1.82, 2.24) is 14.9 Å². The summed E-state index contributed by atoms with van der Waals surface area (Å²) >= 11 is 1.43. The fraction of sp³-hybridized carbons (Fsp3) is 0.438. The van der Waals surface area contributed by atoms with Gasteiger partial charge in [0.1, 0.15) is 23.1 Å². The predicted octanol–water partition coefficient (Wildman–Crippen LogP) is 1.99. The number of rotatable bonds is 3. The Morgan fingerprint density at radius 1 is 1.48 bits per heavy atom. The van der Waals surface area contributed by atoms with Gasteiger partial charge in [-0.15, -0.1) is 11.3 Å². The van der Waals surface area contributed by atoms with Crippen LogP contribution in [-0.2, 0) is 4.74 Å². The summed E-state index contributed by atoms with van der Waals surface area (Å²) in [4.78, 5) is 22.2. The Morgan fingerprint density at radius 3 is 3.13 bits per heavy atom. The summed E-state index contributed by atoms with van der Waals surface area (Å²) < 4.78 is 12.0. The van der Waals surface area contributed by atoms with Crippen molar-refractivity contribution in [1.29, 1.82) is 0 Å². The van der Waals surface area contributed by atoms with Gasteiger partial charge in [-0.1, -0.05) is 0 Å². The zero-order chi connectivity index (χ0) is 15.7. The second-order valence-electron chi connectivity index (χ2n) is 5.99. The highest BCUT2D eigenvalue weighted by Crippen LogP contribution is 2.36. The minimum Gasteiger partial charge on any atom is -0.489 e. The van der Waals surface area contributed by atoms with Crippen LogP contribution in [0.1, 0.15) is 23.3 Å². The first-order valence-electron chi connectivity index (χ1n) is 7.62. The van der Waals surface area contributed by atoms with Gasteiger partial charge in [-0.05, 0) is 12.1 Å². The molecule has 6 nitrogen and oxygen atoms in total. The van der Waals surface area contributed by atoms with E-state index >= 15 is 0 Å². The highest BCUT2D eigenvalue weighted by Gasteiger charge is 2.50. The molecule has 2 aromatic rings. The molecule has 4 rings (SSSR count). The molecule has 2 fully saturated rings. The van der Waals surface area contributed by atoms with Crippen molar-refractivity contribution < 1.29 is 14.3 Å². The fourth-order valence-corrected chi connectivity index (χ4v) is 3.71. The number of amides is 1. The smallest absolute Gasteiger partial charge is 0.273 e. The lowest BCUT2D eigenvalue weighted by molar-refractivity contribution is -0.173. The minimum absolute atomic E-state index is 0.0178. The molecule has 1 spiro atoms. The number of carbonyl (C=O) groups is 1. The average molecular weight is 331 g/mol. The Hall–Kier alpha value is -1.99. The summed E-state index contributed by atoms with van der Waals surface area (Å²) in [5.74, 6) is 0.764. The van der Waals surface area contributed by atoms with Crippen LogP contribution in [0.15, 0.2) is 35.4 Å². The Labute approximate surface area is 138 Å². The van der Waals surface area contributed by atoms with Crippen LogP contribution in [-0.4, -0.2) is 52.2 Å². The van der Waals surface area contributed by atoms with Gasteiger partial charge in [0, 0.05) is 24.4 Å². The van der Waals surface area contributed by atoms with Crippen LogP contribution in [0.2, 0.25) is 0 Å². The summed E-state index contributed by atoms with van der Waals surface area (Å²) in [5.41, 5.74) is 1.93. The largest absolute Gasteiger partial charge is 0.489 e. The first-order chi connectivity index (χ1) is 11.2. The Bertz CT molecular complexity index is 671. The lowest BCUT2D eigenvalue weighted by atomic mass is 9.84. The number of hydrogen-bond donors (Lipinski definition) is 0. The van der Waals surface area contributed by atoms with Gasteiger partial charge in [0.2, 0.25) is 0 Å². The summed E-state index contributed by atoms with van der Waals surface area (Å²) in [6, 6.07) is 3.77. The van der Waals surface area contributed by atoms with Gasteiger partial charge in [-0.2, -0.15) is 0 Å². The van der Waals surface area contributed by atoms with Crippen LogP contribution in [0.5, 0.6) is 5.75 Å². The number of pyridine rings is 1. The van der Waals surface area contributed by atoms with Gasteiger partial charge in [0.15, 0.2) is 0 Å². The number of likely N-dealkylation sites (tertiary alicyclic amines) is 1. The number of carbonyl (C=O) groups excluding carboxylic acids is 1. The molecular weight excluding hydrogens is 314 g/mol. The second kappa shape index (κ2) is 5.90. The molecule has 7 heteroatoms. The fourth-order valence-electron chi connectivity index (χ4n) is 3.19. The summed E-state index contributed by atoms with van der Waals surface area (Å²) in [6.07, 6.45) is 5.21. The van der Waals surface area contributed by atoms with E-state index in [0.29, 0.717) is 25.4 Å². The predicted molar refractivity (Wildman–Crippen MR) is 84.6 cm³/mol. The zero-order valence-electron chi connectivity index (χ0n) is 12.6. The average Bonchev–Trinajstić information content (AvgIpc) is 3.07. The number of nitrogens with zero attached hydrogens (tertiary/aromatic N) is 3. The van der Waals surface area contributed by atoms with Crippen molar-refractivity contribution in [3.63, 3.8) is 0 Å². The number of hydrogen-bond acceptors (Lipinski definition) is 6. The molecule has 0 saturated carbocycles. The van der Waals surface area contributed by atoms with Crippen LogP contribution in [0.4, 0.5) is 0 Å². The molecular formula is C16H17N3O3S. The lowest BCUT2D eigenvalue weighted by Crippen LogP contribution is -2.67. The maximum absolute atomic E-state index is 12.3. The molecule has 4 heterocycles. The van der Waals surface area contributed by atoms with Crippen molar-refractivity contribution in [3.05, 3.63) is 41.1 Å². The molecule has 120 valence electrons. The monoisotopic (exact) mass is 331 g/mol. The van der Waals surface area contributed by atoms with Gasteiger partial charge in [-0.25, -0.2) is 4.98 Å². The molecule has 2 aromatic heterocycles. The second-order valence-corrected chi connectivity index (χ2v) is 6.71. The SMILES string of the molecule is O=C(c1cscn1)N1CC2(CC(Oc3cccnc3)CCO2)C1. The molecule has 2 saturated heterocycles. The number of ether oxygens (including phenoxy) is 2. The number of aromatic nitrogens is 2. The van der Waals surface area contributed by atoms with Gasteiger partial charge in [-0.3, -0.25) is 9.78 Å². The molecule has 23 heavy (non-hydrogen) atoms. The molecule has 0 aliphatic carbocycles. The molecule has 1 atom stereocenters. The normalized spacial score (nSPS) is 22.6. The van der Waals surface area contributed by atoms with Crippen molar-refractivity contribution in [2.24, 2.45) is 0 Å². The van der Waals surface area contributed by atoms with Crippen LogP contribution in [0.25, 0.3) is 0 Å². The molecule has 0 N–H and O–H groups in total. The Morgan fingerprint density at radius 2 is 2.39 bits per heavy atom. The highest BCUT2D eigenvalue weighted by atomic mass is 32.1. The first kappa shape index (κ1) is 14.6. The van der Waals surface area contributed by atoms with E-state index < -0.39 is 0 Å². The summed E-state index contributed by atoms with van der Waals surface area (Å²) in [7, 11) is 0. The van der Waals surface area contributed by atoms with Crippen LogP contribution in [0, 0.1) is 0 Å². The van der Waals surface area contributed by atoms with Gasteiger partial charge in [0.25, 0.3) is 5.91 Å². The standard InChI is InChI=1S/C16H17N3O3S/c20-15(14-8-23-11-18-14)19-9-16(10-19)6-12(3-5-21-16)22-13-2-1-4-17-7-13/h1-2,4,7-8,11-12H,3,5-6,9-10H2. The third kappa shape index (κ3) is 2.94. The van der Waals surface area contributed by atoms with Crippen LogP contribution < -0.4 is 4.74 Å². The van der Waals surface area contributed by atoms with Gasteiger partial charge >= 0.3 is 0 Å². The zero-order valence-corrected chi connectivity index (χ0v) is 13.4. The number of thiazole rings is 1. The van der Waals surface area contributed by atoms with Crippen molar-refractivity contribution in [2.75, 3.05) is 19.7 Å². The van der Waals surface area contributed by atoms with E-state index in [1.165, 1.54) is 11.3 Å². The quantitative estimate of drug-likeness (QED) is 0.860. The van der Waals surface area contributed by atoms with Crippen molar-refractivity contribution in [2.45, 2.75) is 24.5 Å². The van der Waals surface area contributed by atoms with E-state index in [1.807, 2.05) is 12.1 Å². The third-order valence-corrected chi connectivity index (χ3v) is 4.87. The van der Waals surface area contributed by atoms with E-state index in [1.54, 1.807) is 28.2 Å². The van der Waals surface area contributed by atoms with E-state index in [-0.39, 0.29) is 17.6 Å². The summed E-state index contributed by atoms with van der Waals surface area (Å²) in [6.45, 7) is 1.87. The van der Waals surface area contributed by atoms with Gasteiger partial charge < -0.3 is 14.4 Å². The highest BCUT2D eigenvalue weighted by molar-refractivity contribution is 7.07. The first-order valence-corrected chi connectivity index (χ1v) is 8.57. The molecule has 2 aliphatic heterocycles. The molecule has 0 radical (unpaired) electrons. The van der Waals surface area contributed by atoms with Crippen LogP contribution >= 0.6 is 11.3 Å². The lowest BCUT2D eigenvalue weighted by Gasteiger charge is -2.52. The Kier molecular flexibility index (Phi) is 3.74. The van der Waals surface area contributed by atoms with E-state index in [0.717, 1.165) is 18.6 Å². The van der Waals surface area contributed by atoms with E-state index in [9.17, 15) is 4.79 Å². The third-order valence-electron chi connectivity index (χ3n) is 4.28. The van der Waals surface area contributed by atoms with Gasteiger partial charge in [0.05, 0.1) is 31.4 Å². The van der Waals surface area contributed by atoms with E-state index in [4.69, 9.17) is 9.47 Å². The Balaban J connectivity index is 1.36. The molecule has 1 amide bonds. The maximum atomic E-state index is 12.3. The van der Waals surface area contributed by atoms with Crippen molar-refractivity contribution in [3.8, 4) is 5.75 Å². The maximum Gasteiger partial charge on any atom is 0.273 e. The molecule has 1 unspecified atom stereocenters. The molecule has 0 bridgehead atoms. The topological polar surface area (TPSA) is 64.6 Å². The van der Waals surface area contributed by atoms with Crippen molar-refractivity contribution >= 4 is 17.2 Å². The minimum atomic E-state index is -0.267. The molecule has 0 aromatic carbocycles.